The van der Waals surface area contributed by atoms with Crippen LogP contribution in [0.25, 0.3) is 11.0 Å². The van der Waals surface area contributed by atoms with Gasteiger partial charge < -0.3 is 5.32 Å². The Morgan fingerprint density at radius 2 is 1.33 bits per heavy atom. The van der Waals surface area contributed by atoms with Crippen molar-refractivity contribution >= 4 is 23.0 Å². The van der Waals surface area contributed by atoms with Gasteiger partial charge in [0.1, 0.15) is 0 Å². The molecule has 0 aliphatic heterocycles. The molecule has 3 aromatic carbocycles. The topological polar surface area (TPSA) is 99.8 Å². The molecule has 36 heavy (non-hydrogen) atoms. The van der Waals surface area contributed by atoms with Gasteiger partial charge in [0.15, 0.2) is 5.65 Å². The van der Waals surface area contributed by atoms with Gasteiger partial charge in [-0.25, -0.2) is 9.78 Å². The quantitative estimate of drug-likeness (QED) is 0.293. The summed E-state index contributed by atoms with van der Waals surface area (Å²) < 4.78 is 0. The predicted molar refractivity (Wildman–Crippen MR) is 141 cm³/mol. The number of aromatic amines is 1. The van der Waals surface area contributed by atoms with Gasteiger partial charge >= 0.3 is 6.03 Å². The lowest BCUT2D eigenvalue weighted by Crippen LogP contribution is -2.37. The highest BCUT2D eigenvalue weighted by molar-refractivity contribution is 5.88. The summed E-state index contributed by atoms with van der Waals surface area (Å²) >= 11 is 0. The second-order valence-electron chi connectivity index (χ2n) is 8.42. The van der Waals surface area contributed by atoms with E-state index >= 15 is 0 Å². The predicted octanol–water partition coefficient (Wildman–Crippen LogP) is 4.86. The Morgan fingerprint density at radius 3 is 1.89 bits per heavy atom. The van der Waals surface area contributed by atoms with Gasteiger partial charge in [-0.3, -0.25) is 15.1 Å². The molecule has 3 N–H and O–H groups in total. The first-order chi connectivity index (χ1) is 17.7. The number of H-pyrrole nitrogens is 1. The smallest absolute Gasteiger partial charge is 0.321 e. The summed E-state index contributed by atoms with van der Waals surface area (Å²) in [7, 11) is 0. The molecule has 0 spiro atoms. The molecule has 178 valence electrons. The summed E-state index contributed by atoms with van der Waals surface area (Å²) in [6.07, 6.45) is 2.16. The van der Waals surface area contributed by atoms with Crippen LogP contribution in [-0.4, -0.2) is 27.5 Å². The van der Waals surface area contributed by atoms with Crippen LogP contribution >= 0.6 is 0 Å². The molecule has 2 amide bonds. The third kappa shape index (κ3) is 4.59. The zero-order chi connectivity index (χ0) is 24.8. The van der Waals surface area contributed by atoms with Crippen LogP contribution in [0.3, 0.4) is 0 Å². The number of amides is 2. The number of carbonyl (C=O) groups excluding carboxylic acids is 1. The molecule has 0 saturated carbocycles. The van der Waals surface area contributed by atoms with Gasteiger partial charge in [-0.2, -0.15) is 4.98 Å². The van der Waals surface area contributed by atoms with E-state index in [1.165, 1.54) is 0 Å². The molecule has 0 radical (unpaired) electrons. The molecule has 0 bridgehead atoms. The number of hydrogen-bond acceptors (Lipinski definition) is 4. The van der Waals surface area contributed by atoms with Gasteiger partial charge in [0, 0.05) is 18.2 Å². The molecular formula is C29H25N5O2. The third-order valence-corrected chi connectivity index (χ3v) is 6.30. The molecule has 2 aromatic heterocycles. The minimum Gasteiger partial charge on any atom is -0.338 e. The van der Waals surface area contributed by atoms with E-state index in [-0.39, 0.29) is 17.2 Å². The van der Waals surface area contributed by atoms with Crippen LogP contribution in [0.4, 0.5) is 10.7 Å². The third-order valence-electron chi connectivity index (χ3n) is 6.30. The van der Waals surface area contributed by atoms with E-state index in [1.54, 1.807) is 18.3 Å². The van der Waals surface area contributed by atoms with Crippen molar-refractivity contribution < 1.29 is 4.79 Å². The number of carbonyl (C=O) groups is 1. The van der Waals surface area contributed by atoms with Crippen LogP contribution < -0.4 is 16.2 Å². The highest BCUT2D eigenvalue weighted by Crippen LogP contribution is 2.41. The number of nitrogens with zero attached hydrogens (tertiary/aromatic N) is 2. The Hall–Kier alpha value is -4.78. The van der Waals surface area contributed by atoms with E-state index in [2.05, 4.69) is 62.0 Å². The molecule has 0 saturated heterocycles. The maximum Gasteiger partial charge on any atom is 0.321 e. The zero-order valence-corrected chi connectivity index (χ0v) is 19.5. The fourth-order valence-corrected chi connectivity index (χ4v) is 4.65. The van der Waals surface area contributed by atoms with Crippen LogP contribution in [0.2, 0.25) is 0 Å². The van der Waals surface area contributed by atoms with Crippen molar-refractivity contribution in [1.82, 2.24) is 20.3 Å². The second-order valence-corrected chi connectivity index (χ2v) is 8.42. The molecule has 0 fully saturated rings. The number of nitrogens with one attached hydrogen (secondary N) is 3. The van der Waals surface area contributed by atoms with Gasteiger partial charge in [0.2, 0.25) is 5.95 Å². The van der Waals surface area contributed by atoms with E-state index in [0.717, 1.165) is 16.7 Å². The number of urea groups is 1. The van der Waals surface area contributed by atoms with Crippen molar-refractivity contribution in [3.63, 3.8) is 0 Å². The van der Waals surface area contributed by atoms with Gasteiger partial charge in [0.05, 0.1) is 5.39 Å². The van der Waals surface area contributed by atoms with Crippen LogP contribution in [0.5, 0.6) is 0 Å². The highest BCUT2D eigenvalue weighted by Gasteiger charge is 2.35. The Bertz CT molecular complexity index is 1420. The Labute approximate surface area is 208 Å². The molecule has 7 heteroatoms. The fourth-order valence-electron chi connectivity index (χ4n) is 4.65. The average molecular weight is 476 g/mol. The monoisotopic (exact) mass is 475 g/mol. The minimum absolute atomic E-state index is 0.0455. The van der Waals surface area contributed by atoms with Crippen LogP contribution in [-0.2, 0) is 5.41 Å². The Balaban J connectivity index is 1.41. The SMILES string of the molecule is O=C(NCCC(c1ccccc1)(c1ccccc1)c1ccccc1)Nc1nc2ncccc2c(=O)[nH]1. The first-order valence-electron chi connectivity index (χ1n) is 11.7. The first kappa shape index (κ1) is 23.0. The molecule has 0 unspecified atom stereocenters. The van der Waals surface area contributed by atoms with Crippen LogP contribution in [0, 0.1) is 0 Å². The summed E-state index contributed by atoms with van der Waals surface area (Å²) in [5.41, 5.74) is 2.84. The number of rotatable bonds is 7. The number of fused-ring (bicyclic) bond motifs is 1. The molecule has 0 atom stereocenters. The maximum atomic E-state index is 12.8. The van der Waals surface area contributed by atoms with Crippen molar-refractivity contribution in [2.24, 2.45) is 0 Å². The second kappa shape index (κ2) is 10.2. The maximum absolute atomic E-state index is 12.8. The van der Waals surface area contributed by atoms with E-state index in [0.29, 0.717) is 18.4 Å². The van der Waals surface area contributed by atoms with E-state index in [4.69, 9.17) is 0 Å². The standard InChI is InChI=1S/C29H25N5O2/c35-26-24-17-10-19-30-25(24)32-27(33-26)34-28(36)31-20-18-29(21-11-4-1-5-12-21,22-13-6-2-7-14-22)23-15-8-3-9-16-23/h1-17,19H,18,20H2,(H3,30,31,32,33,34,35,36). The van der Waals surface area contributed by atoms with Crippen molar-refractivity contribution in [2.75, 3.05) is 11.9 Å². The number of hydrogen-bond donors (Lipinski definition) is 3. The van der Waals surface area contributed by atoms with Crippen LogP contribution in [0.15, 0.2) is 114 Å². The summed E-state index contributed by atoms with van der Waals surface area (Å²) in [4.78, 5) is 36.0. The Morgan fingerprint density at radius 1 is 0.778 bits per heavy atom. The van der Waals surface area contributed by atoms with Crippen molar-refractivity contribution in [3.05, 3.63) is 136 Å². The molecule has 2 heterocycles. The lowest BCUT2D eigenvalue weighted by molar-refractivity contribution is 0.251. The van der Waals surface area contributed by atoms with E-state index in [9.17, 15) is 9.59 Å². The van der Waals surface area contributed by atoms with Gasteiger partial charge in [-0.1, -0.05) is 91.0 Å². The number of benzene rings is 3. The zero-order valence-electron chi connectivity index (χ0n) is 19.5. The van der Waals surface area contributed by atoms with Crippen molar-refractivity contribution in [1.29, 1.82) is 0 Å². The molecule has 0 aliphatic carbocycles. The van der Waals surface area contributed by atoms with Crippen molar-refractivity contribution in [2.45, 2.75) is 11.8 Å². The van der Waals surface area contributed by atoms with E-state index in [1.807, 2.05) is 54.6 Å². The fraction of sp³-hybridized carbons (Fsp3) is 0.103. The minimum atomic E-state index is -0.476. The molecular weight excluding hydrogens is 450 g/mol. The van der Waals surface area contributed by atoms with Crippen LogP contribution in [0.1, 0.15) is 23.1 Å². The molecule has 5 rings (SSSR count). The van der Waals surface area contributed by atoms with Gasteiger partial charge in [0.25, 0.3) is 5.56 Å². The lowest BCUT2D eigenvalue weighted by Gasteiger charge is -2.36. The van der Waals surface area contributed by atoms with Gasteiger partial charge in [-0.15, -0.1) is 0 Å². The largest absolute Gasteiger partial charge is 0.338 e. The lowest BCUT2D eigenvalue weighted by atomic mass is 9.67. The first-order valence-corrected chi connectivity index (χ1v) is 11.7. The Kier molecular flexibility index (Phi) is 6.53. The molecule has 5 aromatic rings. The van der Waals surface area contributed by atoms with Gasteiger partial charge in [-0.05, 0) is 35.2 Å². The number of aromatic nitrogens is 3. The number of anilines is 1. The highest BCUT2D eigenvalue weighted by atomic mass is 16.2. The van der Waals surface area contributed by atoms with Crippen molar-refractivity contribution in [3.8, 4) is 0 Å². The van der Waals surface area contributed by atoms with E-state index < -0.39 is 11.4 Å². The number of pyridine rings is 1. The average Bonchev–Trinajstić information content (AvgIpc) is 2.93. The summed E-state index contributed by atoms with van der Waals surface area (Å²) in [5.74, 6) is 0.0455. The summed E-state index contributed by atoms with van der Waals surface area (Å²) in [6, 6.07) is 33.8. The summed E-state index contributed by atoms with van der Waals surface area (Å²) in [6.45, 7) is 0.376. The molecule has 0 aliphatic rings. The summed E-state index contributed by atoms with van der Waals surface area (Å²) in [5, 5.41) is 5.92. The molecule has 7 nitrogen and oxygen atoms in total. The normalized spacial score (nSPS) is 11.2.